The fraction of sp³-hybridized carbons (Fsp3) is 1.00. The van der Waals surface area contributed by atoms with Gasteiger partial charge in [-0.2, -0.15) is 0 Å². The van der Waals surface area contributed by atoms with Gasteiger partial charge in [-0.1, -0.05) is 168 Å². The quantitative estimate of drug-likeness (QED) is 0.0368. The van der Waals surface area contributed by atoms with Crippen LogP contribution in [0.15, 0.2) is 0 Å². The van der Waals surface area contributed by atoms with Gasteiger partial charge in [-0.15, -0.1) is 0 Å². The Balaban J connectivity index is 4.10. The minimum absolute atomic E-state index is 0.0673. The van der Waals surface area contributed by atoms with Crippen molar-refractivity contribution in [1.82, 2.24) is 0 Å². The summed E-state index contributed by atoms with van der Waals surface area (Å²) >= 11 is 0. The second kappa shape index (κ2) is 33.5. The predicted molar refractivity (Wildman–Crippen MR) is 194 cm³/mol. The van der Waals surface area contributed by atoms with Crippen molar-refractivity contribution < 1.29 is 32.5 Å². The number of phosphoric ester groups is 1. The van der Waals surface area contributed by atoms with Crippen molar-refractivity contribution >= 4 is 7.82 Å². The maximum absolute atomic E-state index is 12.3. The molecule has 0 aromatic carbocycles. The number of phosphoric acid groups is 1. The molecule has 278 valence electrons. The molecule has 0 fully saturated rings. The Labute approximate surface area is 287 Å². The summed E-state index contributed by atoms with van der Waals surface area (Å²) in [6, 6.07) is 0. The van der Waals surface area contributed by atoms with Crippen LogP contribution in [0.1, 0.15) is 181 Å². The van der Waals surface area contributed by atoms with Crippen molar-refractivity contribution in [2.24, 2.45) is 0 Å². The van der Waals surface area contributed by atoms with Crippen LogP contribution in [0.3, 0.4) is 0 Å². The van der Waals surface area contributed by atoms with Crippen molar-refractivity contribution in [3.05, 3.63) is 0 Å². The monoisotopic (exact) mass is 678 g/mol. The third kappa shape index (κ3) is 36.8. The number of rotatable bonds is 38. The third-order valence-corrected chi connectivity index (χ3v) is 9.69. The molecule has 8 heteroatoms. The molecule has 0 aromatic rings. The summed E-state index contributed by atoms with van der Waals surface area (Å²) in [7, 11) is 1.61. The van der Waals surface area contributed by atoms with E-state index in [0.717, 1.165) is 19.3 Å². The van der Waals surface area contributed by atoms with Gasteiger partial charge >= 0.3 is 0 Å². The number of quaternary nitrogens is 1. The van der Waals surface area contributed by atoms with E-state index in [-0.39, 0.29) is 13.2 Å². The van der Waals surface area contributed by atoms with Crippen LogP contribution >= 0.6 is 7.82 Å². The number of likely N-dealkylation sites (N-methyl/N-ethyl adjacent to an activating group) is 1. The van der Waals surface area contributed by atoms with Crippen LogP contribution < -0.4 is 4.89 Å². The first-order valence-electron chi connectivity index (χ1n) is 19.8. The molecule has 7 nitrogen and oxygen atoms in total. The number of ether oxygens (including phenoxy) is 2. The van der Waals surface area contributed by atoms with Crippen molar-refractivity contribution in [2.45, 2.75) is 187 Å². The molecule has 0 aromatic heterocycles. The molecule has 0 saturated heterocycles. The van der Waals surface area contributed by atoms with E-state index < -0.39 is 13.9 Å². The summed E-state index contributed by atoms with van der Waals surface area (Å²) < 4.78 is 35.2. The first-order chi connectivity index (χ1) is 22.2. The van der Waals surface area contributed by atoms with E-state index >= 15 is 0 Å². The van der Waals surface area contributed by atoms with Gasteiger partial charge < -0.3 is 27.9 Å². The van der Waals surface area contributed by atoms with Crippen LogP contribution in [0.4, 0.5) is 0 Å². The summed E-state index contributed by atoms with van der Waals surface area (Å²) in [5.74, 6) is 0. The lowest BCUT2D eigenvalue weighted by Crippen LogP contribution is -2.37. The molecular weight excluding hydrogens is 597 g/mol. The lowest BCUT2D eigenvalue weighted by molar-refractivity contribution is -0.870. The maximum atomic E-state index is 12.3. The Morgan fingerprint density at radius 2 is 0.870 bits per heavy atom. The Hall–Kier alpha value is -0.0100. The molecule has 1 unspecified atom stereocenters. The minimum Gasteiger partial charge on any atom is -0.756 e. The molecule has 2 atom stereocenters. The van der Waals surface area contributed by atoms with Crippen LogP contribution in [-0.2, 0) is 23.1 Å². The van der Waals surface area contributed by atoms with Gasteiger partial charge in [0.25, 0.3) is 7.82 Å². The fourth-order valence-corrected chi connectivity index (χ4v) is 6.32. The zero-order valence-corrected chi connectivity index (χ0v) is 32.4. The average molecular weight is 678 g/mol. The van der Waals surface area contributed by atoms with E-state index in [4.69, 9.17) is 18.5 Å². The van der Waals surface area contributed by atoms with Gasteiger partial charge in [0, 0.05) is 13.2 Å². The van der Waals surface area contributed by atoms with E-state index in [9.17, 15) is 9.46 Å². The van der Waals surface area contributed by atoms with Crippen molar-refractivity contribution in [1.29, 1.82) is 0 Å². The number of hydrogen-bond acceptors (Lipinski definition) is 6. The van der Waals surface area contributed by atoms with Crippen LogP contribution in [0, 0.1) is 0 Å². The van der Waals surface area contributed by atoms with Crippen LogP contribution in [0.25, 0.3) is 0 Å². The average Bonchev–Trinajstić information content (AvgIpc) is 3.00. The highest BCUT2D eigenvalue weighted by atomic mass is 31.2. The fourth-order valence-electron chi connectivity index (χ4n) is 5.59. The first-order valence-corrected chi connectivity index (χ1v) is 21.3. The predicted octanol–water partition coefficient (Wildman–Crippen LogP) is 10.8. The zero-order chi connectivity index (χ0) is 34.0. The lowest BCUT2D eigenvalue weighted by atomic mass is 10.0. The minimum atomic E-state index is -4.38. The Morgan fingerprint density at radius 1 is 0.500 bits per heavy atom. The molecule has 0 heterocycles. The van der Waals surface area contributed by atoms with E-state index in [2.05, 4.69) is 13.8 Å². The van der Waals surface area contributed by atoms with Crippen molar-refractivity contribution in [2.75, 3.05) is 60.7 Å². The van der Waals surface area contributed by atoms with E-state index in [0.29, 0.717) is 30.8 Å². The molecule has 0 radical (unpaired) electrons. The van der Waals surface area contributed by atoms with E-state index in [1.54, 1.807) is 0 Å². The summed E-state index contributed by atoms with van der Waals surface area (Å²) in [5.41, 5.74) is 0. The Kier molecular flexibility index (Phi) is 33.5. The molecular formula is C38H80NO6P. The van der Waals surface area contributed by atoms with Gasteiger partial charge in [-0.3, -0.25) is 4.57 Å². The number of unbranched alkanes of at least 4 members (excludes halogenated alkanes) is 24. The highest BCUT2D eigenvalue weighted by molar-refractivity contribution is 7.45. The largest absolute Gasteiger partial charge is 0.756 e. The molecule has 0 amide bonds. The van der Waals surface area contributed by atoms with Crippen LogP contribution in [-0.4, -0.2) is 71.3 Å². The van der Waals surface area contributed by atoms with Gasteiger partial charge in [-0.25, -0.2) is 0 Å². The van der Waals surface area contributed by atoms with Gasteiger partial charge in [-0.05, 0) is 12.8 Å². The summed E-state index contributed by atoms with van der Waals surface area (Å²) in [6.07, 6.45) is 33.7. The second-order valence-electron chi connectivity index (χ2n) is 14.6. The lowest BCUT2D eigenvalue weighted by Gasteiger charge is -2.28. The van der Waals surface area contributed by atoms with Crippen LogP contribution in [0.2, 0.25) is 0 Å². The van der Waals surface area contributed by atoms with Crippen LogP contribution in [0.5, 0.6) is 0 Å². The Morgan fingerprint density at radius 3 is 1.26 bits per heavy atom. The summed E-state index contributed by atoms with van der Waals surface area (Å²) in [4.78, 5) is 12.3. The molecule has 0 spiro atoms. The summed E-state index contributed by atoms with van der Waals surface area (Å²) in [6.45, 7) is 6.77. The molecule has 0 bridgehead atoms. The van der Waals surface area contributed by atoms with Crippen molar-refractivity contribution in [3.63, 3.8) is 0 Å². The first kappa shape index (κ1) is 46.0. The molecule has 0 aliphatic carbocycles. The highest BCUT2D eigenvalue weighted by Crippen LogP contribution is 2.38. The molecule has 46 heavy (non-hydrogen) atoms. The third-order valence-electron chi connectivity index (χ3n) is 8.73. The van der Waals surface area contributed by atoms with E-state index in [1.165, 1.54) is 148 Å². The normalized spacial score (nSPS) is 14.1. The molecule has 0 aliphatic rings. The van der Waals surface area contributed by atoms with E-state index in [1.807, 2.05) is 21.1 Å². The second-order valence-corrected chi connectivity index (χ2v) is 16.1. The van der Waals surface area contributed by atoms with Gasteiger partial charge in [0.2, 0.25) is 0 Å². The SMILES string of the molecule is CCCCCCCCCCCCCCCOC[C@H](COP(=O)([O-])OCC[N+](C)(C)C)OCCCCCCCCCCCCCCC. The molecule has 0 saturated carbocycles. The van der Waals surface area contributed by atoms with Gasteiger partial charge in [0.05, 0.1) is 34.4 Å². The molecule has 0 aliphatic heterocycles. The zero-order valence-electron chi connectivity index (χ0n) is 31.5. The number of nitrogens with zero attached hydrogens (tertiary/aromatic N) is 1. The maximum Gasteiger partial charge on any atom is 0.268 e. The topological polar surface area (TPSA) is 77.1 Å². The van der Waals surface area contributed by atoms with Crippen molar-refractivity contribution in [3.8, 4) is 0 Å². The standard InChI is InChI=1S/C38H80NO6P/c1-6-8-10-12-14-16-18-20-22-24-26-28-30-33-42-36-38(37-45-46(40,41)44-35-32-39(3,4)5)43-34-31-29-27-25-23-21-19-17-15-13-11-9-7-2/h38H,6-37H2,1-5H3/t38-/m1/s1. The molecule has 0 N–H and O–H groups in total. The smallest absolute Gasteiger partial charge is 0.268 e. The Bertz CT molecular complexity index is 660. The summed E-state index contributed by atoms with van der Waals surface area (Å²) in [5, 5.41) is 0. The highest BCUT2D eigenvalue weighted by Gasteiger charge is 2.18. The molecule has 0 rings (SSSR count). The van der Waals surface area contributed by atoms with Gasteiger partial charge in [0.15, 0.2) is 0 Å². The van der Waals surface area contributed by atoms with Gasteiger partial charge in [0.1, 0.15) is 19.3 Å². The number of hydrogen-bond donors (Lipinski definition) is 0.